The van der Waals surface area contributed by atoms with Gasteiger partial charge in [-0.2, -0.15) is 0 Å². The molecule has 0 amide bonds. The summed E-state index contributed by atoms with van der Waals surface area (Å²) in [6.07, 6.45) is 6.50. The Balaban J connectivity index is 0.00000200. The molecule has 2 rings (SSSR count). The summed E-state index contributed by atoms with van der Waals surface area (Å²) in [7, 11) is 0.480. The summed E-state index contributed by atoms with van der Waals surface area (Å²) in [5, 5.41) is 0. The largest absolute Gasteiger partial charge is 0.289 e. The molecule has 20 heavy (non-hydrogen) atoms. The number of carbonyl (C=O) groups excluding carboxylic acids is 1. The molecule has 3 heteroatoms. The van der Waals surface area contributed by atoms with E-state index >= 15 is 0 Å². The molecule has 1 aromatic rings. The standard InChI is InChI=1S/C17H25OP.Li/c1-11-10-12(2)16(14(4)13(11)3)17(18)19-15-8-6-5-7-9-15;/h10,15,19H,5-9H2,1-4H3;. The first-order chi connectivity index (χ1) is 9.00. The average Bonchev–Trinajstić information content (AvgIpc) is 2.37. The smallest absolute Gasteiger partial charge is 0.181 e. The fourth-order valence-corrected chi connectivity index (χ4v) is 4.73. The predicted octanol–water partition coefficient (Wildman–Crippen LogP) is 4.69. The Morgan fingerprint density at radius 1 is 1.00 bits per heavy atom. The molecule has 0 aromatic heterocycles. The van der Waals surface area contributed by atoms with Crippen LogP contribution in [0.5, 0.6) is 0 Å². The first-order valence-electron chi connectivity index (χ1n) is 7.39. The molecule has 1 fully saturated rings. The fourth-order valence-electron chi connectivity index (χ4n) is 3.14. The van der Waals surface area contributed by atoms with Gasteiger partial charge in [-0.05, 0) is 77.0 Å². The van der Waals surface area contributed by atoms with Crippen molar-refractivity contribution in [2.24, 2.45) is 0 Å². The third-order valence-corrected chi connectivity index (χ3v) is 6.02. The van der Waals surface area contributed by atoms with Crippen LogP contribution in [0.3, 0.4) is 0 Å². The van der Waals surface area contributed by atoms with Gasteiger partial charge in [-0.1, -0.05) is 25.3 Å². The third kappa shape index (κ3) is 3.97. The number of hydrogen-bond donors (Lipinski definition) is 0. The number of aryl methyl sites for hydroxylation is 2. The summed E-state index contributed by atoms with van der Waals surface area (Å²) in [6.45, 7) is 8.45. The second-order valence-electron chi connectivity index (χ2n) is 5.94. The molecule has 1 unspecified atom stereocenters. The summed E-state index contributed by atoms with van der Waals surface area (Å²) in [6, 6.07) is 2.17. The zero-order chi connectivity index (χ0) is 14.0. The Labute approximate surface area is 137 Å². The maximum absolute atomic E-state index is 12.6. The van der Waals surface area contributed by atoms with Crippen molar-refractivity contribution >= 4 is 33.0 Å². The Hall–Kier alpha value is -0.0826. The van der Waals surface area contributed by atoms with Gasteiger partial charge in [-0.15, -0.1) is 0 Å². The Morgan fingerprint density at radius 2 is 1.60 bits per heavy atom. The Morgan fingerprint density at radius 3 is 2.20 bits per heavy atom. The molecule has 0 saturated heterocycles. The Bertz CT molecular complexity index is 490. The van der Waals surface area contributed by atoms with Gasteiger partial charge >= 0.3 is 0 Å². The molecule has 0 aliphatic heterocycles. The van der Waals surface area contributed by atoms with Crippen LogP contribution in [0, 0.1) is 27.7 Å². The molecule has 0 spiro atoms. The number of hydrogen-bond acceptors (Lipinski definition) is 1. The van der Waals surface area contributed by atoms with E-state index in [0.29, 0.717) is 19.8 Å². The van der Waals surface area contributed by atoms with E-state index < -0.39 is 0 Å². The SMILES string of the molecule is Cc1cc(C)c(C(=O)PC2CCCCC2)c(C)c1C.[Li]. The summed E-state index contributed by atoms with van der Waals surface area (Å²) in [4.78, 5) is 12.6. The van der Waals surface area contributed by atoms with Crippen LogP contribution >= 0.6 is 8.58 Å². The van der Waals surface area contributed by atoms with E-state index in [1.54, 1.807) is 0 Å². The molecular formula is C17H25LiOP. The van der Waals surface area contributed by atoms with Gasteiger partial charge in [-0.3, -0.25) is 4.79 Å². The van der Waals surface area contributed by atoms with Crippen molar-refractivity contribution < 1.29 is 4.79 Å². The van der Waals surface area contributed by atoms with Gasteiger partial charge in [0.25, 0.3) is 0 Å². The molecule has 1 aliphatic rings. The van der Waals surface area contributed by atoms with Crippen LogP contribution in [0.2, 0.25) is 0 Å². The van der Waals surface area contributed by atoms with Crippen LogP contribution in [-0.4, -0.2) is 30.0 Å². The van der Waals surface area contributed by atoms with Crippen molar-refractivity contribution in [3.05, 3.63) is 33.9 Å². The molecule has 105 valence electrons. The van der Waals surface area contributed by atoms with Crippen LogP contribution in [-0.2, 0) is 0 Å². The van der Waals surface area contributed by atoms with Gasteiger partial charge in [0.05, 0.1) is 0 Å². The maximum Gasteiger partial charge on any atom is 0.181 e. The fraction of sp³-hybridized carbons (Fsp3) is 0.588. The molecule has 1 saturated carbocycles. The van der Waals surface area contributed by atoms with Crippen LogP contribution < -0.4 is 0 Å². The number of carbonyl (C=O) groups is 1. The molecule has 1 aliphatic carbocycles. The van der Waals surface area contributed by atoms with Gasteiger partial charge in [0.15, 0.2) is 5.52 Å². The number of rotatable bonds is 3. The van der Waals surface area contributed by atoms with Gasteiger partial charge in [-0.25, -0.2) is 0 Å². The third-order valence-electron chi connectivity index (χ3n) is 4.52. The predicted molar refractivity (Wildman–Crippen MR) is 90.7 cm³/mol. The van der Waals surface area contributed by atoms with Crippen LogP contribution in [0.15, 0.2) is 6.07 Å². The quantitative estimate of drug-likeness (QED) is 0.581. The average molecular weight is 283 g/mol. The van der Waals surface area contributed by atoms with E-state index in [1.165, 1.54) is 48.8 Å². The minimum Gasteiger partial charge on any atom is -0.289 e. The van der Waals surface area contributed by atoms with Crippen molar-refractivity contribution in [3.63, 3.8) is 0 Å². The van der Waals surface area contributed by atoms with Crippen molar-refractivity contribution in [2.75, 3.05) is 0 Å². The molecule has 1 aromatic carbocycles. The van der Waals surface area contributed by atoms with Crippen molar-refractivity contribution in [1.29, 1.82) is 0 Å². The first-order valence-corrected chi connectivity index (χ1v) is 8.46. The van der Waals surface area contributed by atoms with E-state index in [9.17, 15) is 4.79 Å². The summed E-state index contributed by atoms with van der Waals surface area (Å²) in [5.41, 5.74) is 6.99. The van der Waals surface area contributed by atoms with E-state index in [2.05, 4.69) is 33.8 Å². The van der Waals surface area contributed by atoms with Crippen LogP contribution in [0.1, 0.15) is 64.7 Å². The minimum atomic E-state index is 0. The molecule has 0 bridgehead atoms. The van der Waals surface area contributed by atoms with Gasteiger partial charge in [0.1, 0.15) is 0 Å². The van der Waals surface area contributed by atoms with Crippen molar-refractivity contribution in [2.45, 2.75) is 65.5 Å². The van der Waals surface area contributed by atoms with E-state index in [4.69, 9.17) is 0 Å². The zero-order valence-electron chi connectivity index (χ0n) is 13.6. The molecular weight excluding hydrogens is 258 g/mol. The maximum atomic E-state index is 12.6. The van der Waals surface area contributed by atoms with E-state index in [-0.39, 0.29) is 18.9 Å². The molecule has 1 nitrogen and oxygen atoms in total. The van der Waals surface area contributed by atoms with Crippen LogP contribution in [0.25, 0.3) is 0 Å². The van der Waals surface area contributed by atoms with E-state index in [0.717, 1.165) is 11.1 Å². The van der Waals surface area contributed by atoms with Crippen LogP contribution in [0.4, 0.5) is 0 Å². The molecule has 1 radical (unpaired) electrons. The molecule has 0 N–H and O–H groups in total. The summed E-state index contributed by atoms with van der Waals surface area (Å²) in [5.74, 6) is 0. The van der Waals surface area contributed by atoms with E-state index in [1.807, 2.05) is 0 Å². The normalized spacial score (nSPS) is 16.4. The van der Waals surface area contributed by atoms with Gasteiger partial charge in [0.2, 0.25) is 0 Å². The second kappa shape index (κ2) is 7.79. The van der Waals surface area contributed by atoms with Gasteiger partial charge in [0, 0.05) is 24.4 Å². The number of benzene rings is 1. The summed E-state index contributed by atoms with van der Waals surface area (Å²) < 4.78 is 0. The molecule has 0 heterocycles. The first kappa shape index (κ1) is 18.0. The molecule has 1 atom stereocenters. The Kier molecular flexibility index (Phi) is 7.00. The van der Waals surface area contributed by atoms with Crippen molar-refractivity contribution in [3.8, 4) is 0 Å². The summed E-state index contributed by atoms with van der Waals surface area (Å²) >= 11 is 0. The second-order valence-corrected chi connectivity index (χ2v) is 7.50. The monoisotopic (exact) mass is 283 g/mol. The zero-order valence-corrected chi connectivity index (χ0v) is 14.6. The topological polar surface area (TPSA) is 17.1 Å². The van der Waals surface area contributed by atoms with Gasteiger partial charge < -0.3 is 0 Å². The van der Waals surface area contributed by atoms with Crippen molar-refractivity contribution in [1.82, 2.24) is 0 Å². The minimum absolute atomic E-state index is 0.